The predicted molar refractivity (Wildman–Crippen MR) is 113 cm³/mol. The minimum atomic E-state index is -3.70. The van der Waals surface area contributed by atoms with Crippen molar-refractivity contribution in [3.05, 3.63) is 59.4 Å². The van der Waals surface area contributed by atoms with E-state index in [1.807, 2.05) is 35.1 Å². The first kappa shape index (κ1) is 20.2. The van der Waals surface area contributed by atoms with Gasteiger partial charge in [-0.2, -0.15) is 4.31 Å². The number of hydrogen-bond acceptors (Lipinski definition) is 5. The molecule has 1 aliphatic rings. The van der Waals surface area contributed by atoms with Crippen LogP contribution in [0.5, 0.6) is 0 Å². The van der Waals surface area contributed by atoms with Gasteiger partial charge < -0.3 is 4.90 Å². The number of benzene rings is 1. The second kappa shape index (κ2) is 7.98. The molecule has 0 atom stereocenters. The second-order valence-corrected chi connectivity index (χ2v) is 9.62. The molecule has 152 valence electrons. The van der Waals surface area contributed by atoms with Gasteiger partial charge in [-0.15, -0.1) is 0 Å². The average Bonchev–Trinajstić information content (AvgIpc) is 3.12. The number of carbonyl (C=O) groups excluding carboxylic acids is 1. The number of amides is 1. The van der Waals surface area contributed by atoms with Crippen LogP contribution in [0.2, 0.25) is 5.02 Å². The fourth-order valence-corrected chi connectivity index (χ4v) is 5.84. The lowest BCUT2D eigenvalue weighted by Crippen LogP contribution is -2.50. The fourth-order valence-electron chi connectivity index (χ4n) is 3.39. The number of halogens is 1. The Balaban J connectivity index is 1.53. The number of pyridine rings is 1. The zero-order valence-corrected chi connectivity index (χ0v) is 18.0. The smallest absolute Gasteiger partial charge is 0.274 e. The quantitative estimate of drug-likeness (QED) is 0.571. The molecule has 3 aromatic rings. The van der Waals surface area contributed by atoms with E-state index in [-0.39, 0.29) is 28.9 Å². The molecule has 0 unspecified atom stereocenters. The van der Waals surface area contributed by atoms with Crippen molar-refractivity contribution in [2.24, 2.45) is 0 Å². The summed E-state index contributed by atoms with van der Waals surface area (Å²) < 4.78 is 29.0. The van der Waals surface area contributed by atoms with Gasteiger partial charge in [-0.1, -0.05) is 41.6 Å². The van der Waals surface area contributed by atoms with Gasteiger partial charge in [-0.05, 0) is 30.5 Å². The zero-order chi connectivity index (χ0) is 20.6. The third kappa shape index (κ3) is 3.63. The lowest BCUT2D eigenvalue weighted by atomic mass is 10.2. The molecular formula is C19H19ClN4O3S2. The van der Waals surface area contributed by atoms with Crippen LogP contribution in [0.4, 0.5) is 0 Å². The first-order valence-corrected chi connectivity index (χ1v) is 12.0. The van der Waals surface area contributed by atoms with Crippen molar-refractivity contribution in [2.75, 3.05) is 32.4 Å². The van der Waals surface area contributed by atoms with E-state index in [2.05, 4.69) is 4.98 Å². The van der Waals surface area contributed by atoms with Gasteiger partial charge in [0.25, 0.3) is 5.91 Å². The summed E-state index contributed by atoms with van der Waals surface area (Å²) >= 11 is 7.54. The predicted octanol–water partition coefficient (Wildman–Crippen LogP) is 2.86. The highest BCUT2D eigenvalue weighted by molar-refractivity contribution is 7.98. The molecule has 1 aliphatic heterocycles. The fraction of sp³-hybridized carbons (Fsp3) is 0.263. The van der Waals surface area contributed by atoms with Crippen molar-refractivity contribution in [2.45, 2.75) is 10.1 Å². The summed E-state index contributed by atoms with van der Waals surface area (Å²) in [6.07, 6.45) is 3.79. The number of nitrogens with zero attached hydrogens (tertiary/aromatic N) is 4. The summed E-state index contributed by atoms with van der Waals surface area (Å²) in [5.41, 5.74) is 1.13. The Morgan fingerprint density at radius 2 is 1.76 bits per heavy atom. The molecule has 0 radical (unpaired) electrons. The Hall–Kier alpha value is -2.07. The van der Waals surface area contributed by atoms with Crippen LogP contribution in [0.15, 0.2) is 58.7 Å². The number of hydrogen-bond donors (Lipinski definition) is 0. The molecule has 1 fully saturated rings. The third-order valence-electron chi connectivity index (χ3n) is 4.88. The first-order valence-electron chi connectivity index (χ1n) is 8.98. The molecular weight excluding hydrogens is 432 g/mol. The van der Waals surface area contributed by atoms with Crippen molar-refractivity contribution in [3.8, 4) is 0 Å². The lowest BCUT2D eigenvalue weighted by molar-refractivity contribution is 0.0694. The Morgan fingerprint density at radius 1 is 1.07 bits per heavy atom. The Labute approximate surface area is 178 Å². The van der Waals surface area contributed by atoms with Crippen molar-refractivity contribution >= 4 is 44.8 Å². The third-order valence-corrected chi connectivity index (χ3v) is 7.93. The van der Waals surface area contributed by atoms with E-state index in [9.17, 15) is 13.2 Å². The van der Waals surface area contributed by atoms with Crippen molar-refractivity contribution in [1.82, 2.24) is 18.6 Å². The molecule has 0 N–H and O–H groups in total. The molecule has 10 heteroatoms. The van der Waals surface area contributed by atoms with Crippen LogP contribution in [0.25, 0.3) is 5.52 Å². The highest BCUT2D eigenvalue weighted by Crippen LogP contribution is 2.26. The van der Waals surface area contributed by atoms with Gasteiger partial charge in [0.2, 0.25) is 10.0 Å². The van der Waals surface area contributed by atoms with Gasteiger partial charge in [-0.25, -0.2) is 13.4 Å². The molecule has 0 bridgehead atoms. The summed E-state index contributed by atoms with van der Waals surface area (Å²) in [4.78, 5) is 19.3. The maximum atomic E-state index is 13.1. The largest absolute Gasteiger partial charge is 0.335 e. The van der Waals surface area contributed by atoms with Gasteiger partial charge in [0, 0.05) is 32.4 Å². The summed E-state index contributed by atoms with van der Waals surface area (Å²) in [6, 6.07) is 12.0. The normalized spacial score (nSPS) is 15.7. The van der Waals surface area contributed by atoms with Gasteiger partial charge in [0.15, 0.2) is 10.9 Å². The number of imidazole rings is 1. The minimum Gasteiger partial charge on any atom is -0.335 e. The van der Waals surface area contributed by atoms with Crippen LogP contribution in [-0.4, -0.2) is 65.3 Å². The summed E-state index contributed by atoms with van der Waals surface area (Å²) in [5, 5.41) is 0.934. The molecule has 1 saturated heterocycles. The molecule has 1 aromatic carbocycles. The van der Waals surface area contributed by atoms with E-state index in [1.165, 1.54) is 22.1 Å². The molecule has 4 rings (SSSR count). The minimum absolute atomic E-state index is 0.0890. The van der Waals surface area contributed by atoms with Crippen LogP contribution >= 0.6 is 23.4 Å². The number of piperazine rings is 1. The molecule has 0 saturated carbocycles. The first-order chi connectivity index (χ1) is 13.9. The molecule has 0 aliphatic carbocycles. The molecule has 1 amide bonds. The molecule has 7 nitrogen and oxygen atoms in total. The average molecular weight is 451 g/mol. The van der Waals surface area contributed by atoms with Gasteiger partial charge in [-0.3, -0.25) is 9.20 Å². The van der Waals surface area contributed by atoms with Gasteiger partial charge in [0.1, 0.15) is 4.90 Å². The molecule has 2 aromatic heterocycles. The molecule has 0 spiro atoms. The van der Waals surface area contributed by atoms with Crippen LogP contribution in [-0.2, 0) is 10.0 Å². The Morgan fingerprint density at radius 3 is 2.45 bits per heavy atom. The van der Waals surface area contributed by atoms with Crippen LogP contribution in [0.1, 0.15) is 10.5 Å². The van der Waals surface area contributed by atoms with Crippen molar-refractivity contribution < 1.29 is 13.2 Å². The SMILES string of the molecule is CSc1nc(C(=O)N2CCN(S(=O)(=O)c3ccccc3Cl)CC2)c2ccccn12. The topological polar surface area (TPSA) is 75.0 Å². The van der Waals surface area contributed by atoms with E-state index in [4.69, 9.17) is 11.6 Å². The van der Waals surface area contributed by atoms with Crippen LogP contribution in [0.3, 0.4) is 0 Å². The van der Waals surface area contributed by atoms with Crippen molar-refractivity contribution in [1.29, 1.82) is 0 Å². The van der Waals surface area contributed by atoms with E-state index in [0.717, 1.165) is 10.7 Å². The number of thioether (sulfide) groups is 1. The zero-order valence-electron chi connectivity index (χ0n) is 15.7. The number of carbonyl (C=O) groups is 1. The van der Waals surface area contributed by atoms with E-state index in [0.29, 0.717) is 18.8 Å². The Kier molecular flexibility index (Phi) is 5.56. The van der Waals surface area contributed by atoms with E-state index < -0.39 is 10.0 Å². The summed E-state index contributed by atoms with van der Waals surface area (Å²) in [6.45, 7) is 1.01. The van der Waals surface area contributed by atoms with Gasteiger partial charge in [0.05, 0.1) is 10.5 Å². The van der Waals surface area contributed by atoms with Crippen LogP contribution in [0, 0.1) is 0 Å². The number of sulfonamides is 1. The van der Waals surface area contributed by atoms with E-state index >= 15 is 0 Å². The van der Waals surface area contributed by atoms with E-state index in [1.54, 1.807) is 23.1 Å². The lowest BCUT2D eigenvalue weighted by Gasteiger charge is -2.33. The maximum absolute atomic E-state index is 13.1. The number of aromatic nitrogens is 2. The number of fused-ring (bicyclic) bond motifs is 1. The number of rotatable bonds is 4. The molecule has 29 heavy (non-hydrogen) atoms. The summed E-state index contributed by atoms with van der Waals surface area (Å²) in [7, 11) is -3.70. The monoisotopic (exact) mass is 450 g/mol. The standard InChI is InChI=1S/C19H19ClN4O3S2/c1-28-19-21-17(15-7-4-5-9-24(15)19)18(25)22-10-12-23(13-11-22)29(26,27)16-8-3-2-6-14(16)20/h2-9H,10-13H2,1H3. The van der Waals surface area contributed by atoms with Gasteiger partial charge >= 0.3 is 0 Å². The van der Waals surface area contributed by atoms with Crippen LogP contribution < -0.4 is 0 Å². The maximum Gasteiger partial charge on any atom is 0.274 e. The highest BCUT2D eigenvalue weighted by Gasteiger charge is 2.32. The second-order valence-electron chi connectivity index (χ2n) is 6.53. The summed E-state index contributed by atoms with van der Waals surface area (Å²) in [5.74, 6) is -0.191. The Bertz CT molecular complexity index is 1170. The molecule has 3 heterocycles. The highest BCUT2D eigenvalue weighted by atomic mass is 35.5. The van der Waals surface area contributed by atoms with Crippen molar-refractivity contribution in [3.63, 3.8) is 0 Å².